The molecule has 0 bridgehead atoms. The molecule has 3 N–H and O–H groups in total. The first kappa shape index (κ1) is 15.9. The number of carbonyl (C=O) groups excluding carboxylic acids is 1. The Morgan fingerprint density at radius 3 is 2.67 bits per heavy atom. The summed E-state index contributed by atoms with van der Waals surface area (Å²) in [4.78, 5) is 12.0. The summed E-state index contributed by atoms with van der Waals surface area (Å²) in [6.45, 7) is 0.236. The molecule has 0 heterocycles. The lowest BCUT2D eigenvalue weighted by Crippen LogP contribution is -2.40. The van der Waals surface area contributed by atoms with E-state index in [0.29, 0.717) is 22.4 Å². The zero-order chi connectivity index (χ0) is 15.2. The molecule has 0 saturated heterocycles. The molecule has 116 valence electrons. The van der Waals surface area contributed by atoms with E-state index in [4.69, 9.17) is 21.4 Å². The molecule has 0 aliphatic heterocycles. The number of rotatable bonds is 4. The lowest BCUT2D eigenvalue weighted by Gasteiger charge is -2.28. The highest BCUT2D eigenvalue weighted by Crippen LogP contribution is 2.27. The zero-order valence-corrected chi connectivity index (χ0v) is 12.8. The normalized spacial score (nSPS) is 21.7. The Morgan fingerprint density at radius 1 is 1.38 bits per heavy atom. The Kier molecular flexibility index (Phi) is 5.70. The fraction of sp³-hybridized carbons (Fsp3) is 0.533. The Labute approximate surface area is 129 Å². The van der Waals surface area contributed by atoms with Crippen LogP contribution in [0.4, 0.5) is 10.5 Å². The number of nitrogens with one attached hydrogen (secondary N) is 2. The van der Waals surface area contributed by atoms with Crippen LogP contribution in [-0.2, 0) is 0 Å². The van der Waals surface area contributed by atoms with Gasteiger partial charge in [0.1, 0.15) is 5.75 Å². The monoisotopic (exact) mass is 312 g/mol. The number of hydrogen-bond donors (Lipinski definition) is 3. The second-order valence-electron chi connectivity index (χ2n) is 5.34. The molecule has 0 aromatic heterocycles. The highest BCUT2D eigenvalue weighted by molar-refractivity contribution is 6.33. The van der Waals surface area contributed by atoms with Crippen molar-refractivity contribution in [1.29, 1.82) is 0 Å². The number of methoxy groups -OCH3 is 1. The van der Waals surface area contributed by atoms with Gasteiger partial charge in [0, 0.05) is 18.7 Å². The number of aliphatic hydroxyl groups excluding tert-OH is 1. The lowest BCUT2D eigenvalue weighted by molar-refractivity contribution is 0.176. The summed E-state index contributed by atoms with van der Waals surface area (Å²) in [6, 6.07) is 5.01. The molecule has 6 heteroatoms. The van der Waals surface area contributed by atoms with Gasteiger partial charge < -0.3 is 20.5 Å². The van der Waals surface area contributed by atoms with Crippen LogP contribution in [0.2, 0.25) is 5.02 Å². The van der Waals surface area contributed by atoms with Gasteiger partial charge in [-0.1, -0.05) is 11.6 Å². The van der Waals surface area contributed by atoms with Crippen LogP contribution < -0.4 is 15.4 Å². The molecule has 5 nitrogen and oxygen atoms in total. The minimum absolute atomic E-state index is 0.157. The minimum Gasteiger partial charge on any atom is -0.497 e. The number of halogens is 1. The number of aliphatic hydroxyl groups is 1. The van der Waals surface area contributed by atoms with Gasteiger partial charge in [0.15, 0.2) is 0 Å². The van der Waals surface area contributed by atoms with Crippen LogP contribution in [-0.4, -0.2) is 30.9 Å². The highest BCUT2D eigenvalue weighted by atomic mass is 35.5. The Morgan fingerprint density at radius 2 is 2.10 bits per heavy atom. The maximum absolute atomic E-state index is 12.0. The molecule has 0 atom stereocenters. The molecule has 1 saturated carbocycles. The highest BCUT2D eigenvalue weighted by Gasteiger charge is 2.22. The summed E-state index contributed by atoms with van der Waals surface area (Å²) in [6.07, 6.45) is 3.69. The molecule has 1 fully saturated rings. The standard InChI is InChI=1S/C15H21ClN2O3/c1-21-12-6-7-14(13(16)8-12)18-15(20)17-11-4-2-10(9-19)3-5-11/h6-8,10-11,19H,2-5,9H2,1H3,(H2,17,18,20). The van der Waals surface area contributed by atoms with Crippen molar-refractivity contribution >= 4 is 23.3 Å². The molecule has 2 amide bonds. The summed E-state index contributed by atoms with van der Waals surface area (Å²) in [5.41, 5.74) is 0.555. The van der Waals surface area contributed by atoms with Gasteiger partial charge >= 0.3 is 6.03 Å². The number of anilines is 1. The quantitative estimate of drug-likeness (QED) is 0.800. The zero-order valence-electron chi connectivity index (χ0n) is 12.1. The molecule has 1 aromatic rings. The summed E-state index contributed by atoms with van der Waals surface area (Å²) in [5, 5.41) is 15.2. The molecule has 2 rings (SSSR count). The average molecular weight is 313 g/mol. The SMILES string of the molecule is COc1ccc(NC(=O)NC2CCC(CO)CC2)c(Cl)c1. The number of hydrogen-bond acceptors (Lipinski definition) is 3. The number of ether oxygens (including phenoxy) is 1. The Hall–Kier alpha value is -1.46. The molecule has 1 aromatic carbocycles. The van der Waals surface area contributed by atoms with Gasteiger partial charge in [-0.05, 0) is 43.7 Å². The van der Waals surface area contributed by atoms with Gasteiger partial charge in [-0.15, -0.1) is 0 Å². The van der Waals surface area contributed by atoms with Crippen molar-refractivity contribution in [3.8, 4) is 5.75 Å². The van der Waals surface area contributed by atoms with E-state index >= 15 is 0 Å². The number of carbonyl (C=O) groups is 1. The van der Waals surface area contributed by atoms with E-state index in [1.807, 2.05) is 0 Å². The molecule has 0 unspecified atom stereocenters. The molecular weight excluding hydrogens is 292 g/mol. The van der Waals surface area contributed by atoms with Crippen molar-refractivity contribution in [2.24, 2.45) is 5.92 Å². The fourth-order valence-corrected chi connectivity index (χ4v) is 2.78. The molecule has 1 aliphatic rings. The van der Waals surface area contributed by atoms with E-state index in [1.54, 1.807) is 25.3 Å². The van der Waals surface area contributed by atoms with Gasteiger partial charge in [-0.2, -0.15) is 0 Å². The van der Waals surface area contributed by atoms with E-state index in [0.717, 1.165) is 25.7 Å². The largest absolute Gasteiger partial charge is 0.497 e. The molecule has 21 heavy (non-hydrogen) atoms. The minimum atomic E-state index is -0.255. The van der Waals surface area contributed by atoms with E-state index in [2.05, 4.69) is 10.6 Å². The van der Waals surface area contributed by atoms with Crippen molar-refractivity contribution in [3.63, 3.8) is 0 Å². The van der Waals surface area contributed by atoms with Crippen molar-refractivity contribution in [1.82, 2.24) is 5.32 Å². The van der Waals surface area contributed by atoms with Gasteiger partial charge in [-0.25, -0.2) is 4.79 Å². The second kappa shape index (κ2) is 7.52. The maximum Gasteiger partial charge on any atom is 0.319 e. The predicted molar refractivity (Wildman–Crippen MR) is 83.0 cm³/mol. The van der Waals surface area contributed by atoms with Gasteiger partial charge in [0.25, 0.3) is 0 Å². The molecule has 0 radical (unpaired) electrons. The Bertz CT molecular complexity index is 488. The van der Waals surface area contributed by atoms with Crippen molar-refractivity contribution in [2.45, 2.75) is 31.7 Å². The predicted octanol–water partition coefficient (Wildman–Crippen LogP) is 3.02. The third-order valence-electron chi connectivity index (χ3n) is 3.86. The average Bonchev–Trinajstić information content (AvgIpc) is 2.50. The second-order valence-corrected chi connectivity index (χ2v) is 5.75. The van der Waals surface area contributed by atoms with Gasteiger partial charge in [0.2, 0.25) is 0 Å². The lowest BCUT2D eigenvalue weighted by atomic mass is 9.87. The molecule has 1 aliphatic carbocycles. The van der Waals surface area contributed by atoms with E-state index in [1.165, 1.54) is 0 Å². The first-order valence-corrected chi connectivity index (χ1v) is 7.52. The summed E-state index contributed by atoms with van der Waals surface area (Å²) >= 11 is 6.08. The van der Waals surface area contributed by atoms with Crippen LogP contribution in [0, 0.1) is 5.92 Å². The fourth-order valence-electron chi connectivity index (χ4n) is 2.56. The van der Waals surface area contributed by atoms with Crippen LogP contribution in [0.15, 0.2) is 18.2 Å². The van der Waals surface area contributed by atoms with E-state index in [-0.39, 0.29) is 18.7 Å². The third-order valence-corrected chi connectivity index (χ3v) is 4.18. The topological polar surface area (TPSA) is 70.6 Å². The van der Waals surface area contributed by atoms with Crippen molar-refractivity contribution in [3.05, 3.63) is 23.2 Å². The van der Waals surface area contributed by atoms with Crippen molar-refractivity contribution in [2.75, 3.05) is 19.0 Å². The van der Waals surface area contributed by atoms with Gasteiger partial charge in [-0.3, -0.25) is 0 Å². The molecular formula is C15H21ClN2O3. The number of benzene rings is 1. The first-order valence-electron chi connectivity index (χ1n) is 7.14. The number of urea groups is 1. The third kappa shape index (κ3) is 4.51. The molecule has 0 spiro atoms. The Balaban J connectivity index is 1.85. The maximum atomic E-state index is 12.0. The van der Waals surface area contributed by atoms with Crippen LogP contribution in [0.1, 0.15) is 25.7 Å². The van der Waals surface area contributed by atoms with Crippen LogP contribution in [0.3, 0.4) is 0 Å². The van der Waals surface area contributed by atoms with Gasteiger partial charge in [0.05, 0.1) is 17.8 Å². The van der Waals surface area contributed by atoms with E-state index < -0.39 is 0 Å². The summed E-state index contributed by atoms with van der Waals surface area (Å²) in [5.74, 6) is 1.02. The van der Waals surface area contributed by atoms with Crippen LogP contribution in [0.25, 0.3) is 0 Å². The van der Waals surface area contributed by atoms with Crippen LogP contribution >= 0.6 is 11.6 Å². The van der Waals surface area contributed by atoms with E-state index in [9.17, 15) is 4.79 Å². The summed E-state index contributed by atoms with van der Waals surface area (Å²) in [7, 11) is 1.56. The summed E-state index contributed by atoms with van der Waals surface area (Å²) < 4.78 is 5.06. The smallest absolute Gasteiger partial charge is 0.319 e. The first-order chi connectivity index (χ1) is 10.1. The van der Waals surface area contributed by atoms with Crippen molar-refractivity contribution < 1.29 is 14.6 Å². The van der Waals surface area contributed by atoms with Crippen LogP contribution in [0.5, 0.6) is 5.75 Å². The number of amides is 2.